The van der Waals surface area contributed by atoms with Gasteiger partial charge in [0, 0.05) is 44.3 Å². The smallest absolute Gasteiger partial charge is 0.329 e. The molecule has 0 radical (unpaired) electrons. The molecule has 1 fully saturated rings. The lowest BCUT2D eigenvalue weighted by molar-refractivity contribution is -0.169. The molecule has 328 valence electrons. The Labute approximate surface area is 355 Å². The number of ether oxygens (including phenoxy) is 1. The van der Waals surface area contributed by atoms with Crippen LogP contribution in [0.4, 0.5) is 0 Å². The quantitative estimate of drug-likeness (QED) is 0.338. The molecule has 10 atom stereocenters. The lowest BCUT2D eigenvalue weighted by atomic mass is 9.81. The average molecular weight is 840 g/mol. The third-order valence-corrected chi connectivity index (χ3v) is 13.8. The van der Waals surface area contributed by atoms with E-state index in [1.807, 2.05) is 48.5 Å². The zero-order valence-electron chi connectivity index (χ0n) is 37.1. The number of aliphatic hydroxyl groups is 1. The van der Waals surface area contributed by atoms with Crippen molar-refractivity contribution in [1.29, 1.82) is 0 Å². The Morgan fingerprint density at radius 1 is 0.966 bits per heavy atom. The van der Waals surface area contributed by atoms with Crippen LogP contribution >= 0.6 is 11.8 Å². The van der Waals surface area contributed by atoms with E-state index >= 15 is 0 Å². The van der Waals surface area contributed by atoms with Gasteiger partial charge in [-0.1, -0.05) is 73.1 Å². The first kappa shape index (κ1) is 47.8. The molecule has 3 heterocycles. The van der Waals surface area contributed by atoms with Crippen LogP contribution in [0.25, 0.3) is 0 Å². The van der Waals surface area contributed by atoms with Crippen LogP contribution in [0.2, 0.25) is 0 Å². The maximum Gasteiger partial charge on any atom is 0.329 e. The first-order chi connectivity index (χ1) is 27.6. The molecule has 3 N–H and O–H groups in total. The van der Waals surface area contributed by atoms with Crippen molar-refractivity contribution in [3.63, 3.8) is 0 Å². The largest absolute Gasteiger partial charge is 0.508 e. The van der Waals surface area contributed by atoms with Crippen LogP contribution in [0.3, 0.4) is 0 Å². The van der Waals surface area contributed by atoms with E-state index in [4.69, 9.17) is 9.73 Å². The summed E-state index contributed by atoms with van der Waals surface area (Å²) in [5.41, 5.74) is 0.638. The van der Waals surface area contributed by atoms with Crippen molar-refractivity contribution < 1.29 is 38.9 Å². The summed E-state index contributed by atoms with van der Waals surface area (Å²) in [7, 11) is 3.08. The Bertz CT molecular complexity index is 1730. The number of phenolic OH excluding ortho intramolecular Hbond substituents is 1. The fourth-order valence-electron chi connectivity index (χ4n) is 8.15. The number of carbonyl (C=O) groups excluding carboxylic acids is 5. The number of aliphatic hydroxyl groups excluding tert-OH is 1. The normalized spacial score (nSPS) is 31.9. The van der Waals surface area contributed by atoms with E-state index in [1.54, 1.807) is 55.8 Å². The van der Waals surface area contributed by atoms with Gasteiger partial charge >= 0.3 is 5.97 Å². The fraction of sp³-hybridized carbons (Fsp3) is 0.689. The Morgan fingerprint density at radius 2 is 1.63 bits per heavy atom. The molecule has 14 heteroatoms. The third kappa shape index (κ3) is 12.1. The summed E-state index contributed by atoms with van der Waals surface area (Å²) in [5.74, 6) is -2.13. The van der Waals surface area contributed by atoms with Crippen molar-refractivity contribution >= 4 is 46.4 Å². The number of amides is 4. The number of carbonyl (C=O) groups is 5. The highest BCUT2D eigenvalue weighted by atomic mass is 32.2. The molecule has 59 heavy (non-hydrogen) atoms. The van der Waals surface area contributed by atoms with Crippen LogP contribution in [0, 0.1) is 23.2 Å². The van der Waals surface area contributed by atoms with Crippen LogP contribution in [-0.4, -0.2) is 128 Å². The van der Waals surface area contributed by atoms with Crippen molar-refractivity contribution in [2.45, 2.75) is 150 Å². The van der Waals surface area contributed by atoms with Crippen molar-refractivity contribution in [3.05, 3.63) is 41.5 Å². The first-order valence-corrected chi connectivity index (χ1v) is 22.3. The summed E-state index contributed by atoms with van der Waals surface area (Å²) in [6, 6.07) is 2.22. The van der Waals surface area contributed by atoms with Crippen molar-refractivity contribution in [2.24, 2.45) is 28.2 Å². The van der Waals surface area contributed by atoms with Gasteiger partial charge < -0.3 is 35.0 Å². The molecular formula is C45H69N5O8S. The second kappa shape index (κ2) is 20.6. The molecule has 0 unspecified atom stereocenters. The molecule has 4 amide bonds. The van der Waals surface area contributed by atoms with Crippen LogP contribution < -0.4 is 5.32 Å². The molecular weight excluding hydrogens is 771 g/mol. The highest BCUT2D eigenvalue weighted by Crippen LogP contribution is 2.34. The van der Waals surface area contributed by atoms with Crippen LogP contribution in [-0.2, 0) is 35.1 Å². The number of fused-ring (bicyclic) bond motifs is 2. The Kier molecular flexibility index (Phi) is 16.7. The zero-order chi connectivity index (χ0) is 43.9. The topological polar surface area (TPSA) is 169 Å². The van der Waals surface area contributed by atoms with E-state index in [1.165, 1.54) is 29.0 Å². The van der Waals surface area contributed by atoms with Gasteiger partial charge in [0.25, 0.3) is 0 Å². The predicted molar refractivity (Wildman–Crippen MR) is 232 cm³/mol. The summed E-state index contributed by atoms with van der Waals surface area (Å²) in [6.45, 7) is 17.5. The number of nitrogens with zero attached hydrogens (tertiary/aromatic N) is 4. The number of likely N-dealkylation sites (N-methyl/N-ethyl adjacent to an activating group) is 2. The van der Waals surface area contributed by atoms with Gasteiger partial charge in [-0.2, -0.15) is 0 Å². The number of nitrogens with one attached hydrogen (secondary N) is 1. The molecule has 1 saturated heterocycles. The highest BCUT2D eigenvalue weighted by Gasteiger charge is 2.44. The van der Waals surface area contributed by atoms with Crippen LogP contribution in [0.1, 0.15) is 106 Å². The van der Waals surface area contributed by atoms with Gasteiger partial charge in [0.1, 0.15) is 36.0 Å². The molecule has 3 aliphatic rings. The van der Waals surface area contributed by atoms with Gasteiger partial charge in [-0.05, 0) is 80.9 Å². The number of rotatable bonds is 4. The standard InChI is InChI=1S/C45H69N5O8S/c1-12-27(3)38-43(56)50-20-14-13-15-35(50)44(57)58-37(45(7,8)9)22-26(2)21-36(52)29(5)40-46-32(25-59-40)23-28(4)39(53)47-34(24-31-16-18-33(51)19-17-31)42(55)48(10)30(6)41(54)49(38)11/h16-19,23,26-27,29-30,32,34-38,51-52H,12-15,20-22,24-25H2,1-11H3,(H,47,53)/b28-23+/t26-,27-,29-,30-,32+,34-,35+,36-,37-,38-/m0/s1. The number of aliphatic imine (C=N–C) groups is 1. The SMILES string of the molecule is CC[C@H](C)[C@H]1C(=O)N2CCCC[C@@H]2C(=O)O[C@H](C(C)(C)C)C[C@@H](C)C[C@H](O)[C@H](C)C2=N[C@H](/C=C(\C)C(=O)N[C@@H](Cc3ccc(O)cc3)C(=O)N(C)[C@@H](C)C(=O)N1C)CS2. The van der Waals surface area contributed by atoms with Gasteiger partial charge in [0.05, 0.1) is 17.2 Å². The van der Waals surface area contributed by atoms with E-state index in [9.17, 15) is 34.2 Å². The number of phenols is 1. The number of hydrogen-bond acceptors (Lipinski definition) is 10. The maximum absolute atomic E-state index is 14.7. The van der Waals surface area contributed by atoms with E-state index in [2.05, 4.69) is 5.32 Å². The molecule has 0 spiro atoms. The van der Waals surface area contributed by atoms with Gasteiger partial charge in [0.2, 0.25) is 23.6 Å². The second-order valence-corrected chi connectivity index (χ2v) is 19.3. The van der Waals surface area contributed by atoms with Crippen molar-refractivity contribution in [2.75, 3.05) is 26.4 Å². The van der Waals surface area contributed by atoms with E-state index in [0.717, 1.165) is 11.5 Å². The second-order valence-electron chi connectivity index (χ2n) is 18.3. The minimum absolute atomic E-state index is 0.0107. The van der Waals surface area contributed by atoms with Crippen molar-refractivity contribution in [3.8, 4) is 5.75 Å². The molecule has 0 aromatic heterocycles. The molecule has 4 rings (SSSR count). The summed E-state index contributed by atoms with van der Waals surface area (Å²) in [4.78, 5) is 80.5. The third-order valence-electron chi connectivity index (χ3n) is 12.5. The lowest BCUT2D eigenvalue weighted by Gasteiger charge is -2.42. The zero-order valence-corrected chi connectivity index (χ0v) is 37.9. The number of aromatic hydroxyl groups is 1. The summed E-state index contributed by atoms with van der Waals surface area (Å²) >= 11 is 1.55. The lowest BCUT2D eigenvalue weighted by Crippen LogP contribution is -2.61. The van der Waals surface area contributed by atoms with Gasteiger partial charge in [0.15, 0.2) is 0 Å². The Hall–Kier alpha value is -3.91. The molecule has 13 nitrogen and oxygen atoms in total. The summed E-state index contributed by atoms with van der Waals surface area (Å²) in [5, 5.41) is 25.0. The number of cyclic esters (lactones) is 1. The molecule has 0 saturated carbocycles. The number of thioether (sulfide) groups is 1. The minimum Gasteiger partial charge on any atom is -0.508 e. The number of benzene rings is 1. The fourth-order valence-corrected chi connectivity index (χ4v) is 9.29. The van der Waals surface area contributed by atoms with Crippen LogP contribution in [0.5, 0.6) is 5.75 Å². The first-order valence-electron chi connectivity index (χ1n) is 21.3. The Morgan fingerprint density at radius 3 is 2.25 bits per heavy atom. The number of piperidine rings is 1. The monoisotopic (exact) mass is 839 g/mol. The molecule has 1 aromatic carbocycles. The van der Waals surface area contributed by atoms with Crippen LogP contribution in [0.15, 0.2) is 40.9 Å². The molecule has 2 bridgehead atoms. The number of hydrogen-bond donors (Lipinski definition) is 3. The summed E-state index contributed by atoms with van der Waals surface area (Å²) < 4.78 is 6.33. The summed E-state index contributed by atoms with van der Waals surface area (Å²) in [6.07, 6.45) is 4.12. The molecule has 0 aliphatic carbocycles. The van der Waals surface area contributed by atoms with Gasteiger partial charge in [-0.3, -0.25) is 24.2 Å². The minimum atomic E-state index is -1.08. The van der Waals surface area contributed by atoms with Crippen molar-refractivity contribution in [1.82, 2.24) is 20.0 Å². The average Bonchev–Trinajstić information content (AvgIpc) is 3.66. The highest BCUT2D eigenvalue weighted by molar-refractivity contribution is 8.14. The maximum atomic E-state index is 14.7. The van der Waals surface area contributed by atoms with Gasteiger partial charge in [-0.25, -0.2) is 4.79 Å². The number of esters is 1. The molecule has 1 aromatic rings. The van der Waals surface area contributed by atoms with E-state index in [0.29, 0.717) is 55.5 Å². The van der Waals surface area contributed by atoms with E-state index < -0.39 is 65.5 Å². The molecule has 3 aliphatic heterocycles. The predicted octanol–water partition coefficient (Wildman–Crippen LogP) is 5.37. The Balaban J connectivity index is 1.75. The van der Waals surface area contributed by atoms with E-state index in [-0.39, 0.29) is 41.9 Å². The van der Waals surface area contributed by atoms with Gasteiger partial charge in [-0.15, -0.1) is 11.8 Å².